The number of benzene rings is 1. The minimum atomic E-state index is 0.336. The fourth-order valence-electron chi connectivity index (χ4n) is 2.67. The zero-order valence-electron chi connectivity index (χ0n) is 11.8. The molecule has 0 amide bonds. The lowest BCUT2D eigenvalue weighted by Gasteiger charge is -2.09. The number of nitrogens with zero attached hydrogens (tertiary/aromatic N) is 4. The molecule has 108 valence electrons. The molecule has 4 rings (SSSR count). The van der Waals surface area contributed by atoms with Gasteiger partial charge >= 0.3 is 0 Å². The van der Waals surface area contributed by atoms with E-state index in [4.69, 9.17) is 9.72 Å². The van der Waals surface area contributed by atoms with Gasteiger partial charge in [0, 0.05) is 17.7 Å². The van der Waals surface area contributed by atoms with Crippen LogP contribution in [0, 0.1) is 6.92 Å². The topological polar surface area (TPSA) is 52.3 Å². The SMILES string of the molecule is Cc1nc2c3ccccc3nc(SCC3CCCO3)n2n1. The normalized spacial score (nSPS) is 18.8. The van der Waals surface area contributed by atoms with Crippen LogP contribution in [0.4, 0.5) is 0 Å². The molecule has 5 nitrogen and oxygen atoms in total. The Morgan fingerprint density at radius 3 is 3.10 bits per heavy atom. The summed E-state index contributed by atoms with van der Waals surface area (Å²) in [4.78, 5) is 9.29. The van der Waals surface area contributed by atoms with Crippen LogP contribution < -0.4 is 0 Å². The maximum atomic E-state index is 5.69. The molecule has 1 aliphatic rings. The van der Waals surface area contributed by atoms with Crippen molar-refractivity contribution in [1.29, 1.82) is 0 Å². The minimum Gasteiger partial charge on any atom is -0.377 e. The van der Waals surface area contributed by atoms with Crippen molar-refractivity contribution in [3.8, 4) is 0 Å². The van der Waals surface area contributed by atoms with E-state index < -0.39 is 0 Å². The third kappa shape index (κ3) is 2.38. The van der Waals surface area contributed by atoms with Crippen LogP contribution in [0.3, 0.4) is 0 Å². The van der Waals surface area contributed by atoms with Gasteiger partial charge in [-0.25, -0.2) is 9.97 Å². The second-order valence-electron chi connectivity index (χ2n) is 5.25. The Morgan fingerprint density at radius 2 is 2.24 bits per heavy atom. The number of hydrogen-bond acceptors (Lipinski definition) is 5. The Hall–Kier alpha value is -1.66. The molecule has 3 heterocycles. The van der Waals surface area contributed by atoms with Crippen molar-refractivity contribution in [2.45, 2.75) is 31.0 Å². The fourth-order valence-corrected chi connectivity index (χ4v) is 3.68. The van der Waals surface area contributed by atoms with Gasteiger partial charge in [-0.1, -0.05) is 23.9 Å². The van der Waals surface area contributed by atoms with Crippen molar-refractivity contribution in [3.63, 3.8) is 0 Å². The van der Waals surface area contributed by atoms with Crippen molar-refractivity contribution in [2.24, 2.45) is 0 Å². The van der Waals surface area contributed by atoms with Gasteiger partial charge in [0.1, 0.15) is 5.82 Å². The molecule has 1 aromatic carbocycles. The summed E-state index contributed by atoms with van der Waals surface area (Å²) in [6, 6.07) is 8.08. The van der Waals surface area contributed by atoms with Crippen LogP contribution in [0.5, 0.6) is 0 Å². The quantitative estimate of drug-likeness (QED) is 0.550. The molecule has 0 saturated carbocycles. The first-order chi connectivity index (χ1) is 10.3. The van der Waals surface area contributed by atoms with Crippen molar-refractivity contribution in [3.05, 3.63) is 30.1 Å². The first-order valence-electron chi connectivity index (χ1n) is 7.18. The maximum absolute atomic E-state index is 5.69. The van der Waals surface area contributed by atoms with E-state index in [-0.39, 0.29) is 0 Å². The molecule has 2 aromatic heterocycles. The van der Waals surface area contributed by atoms with Gasteiger partial charge in [-0.15, -0.1) is 5.10 Å². The van der Waals surface area contributed by atoms with E-state index in [9.17, 15) is 0 Å². The van der Waals surface area contributed by atoms with E-state index in [1.807, 2.05) is 35.7 Å². The average Bonchev–Trinajstić information content (AvgIpc) is 3.13. The molecule has 0 aliphatic carbocycles. The number of para-hydroxylation sites is 1. The van der Waals surface area contributed by atoms with Gasteiger partial charge in [-0.2, -0.15) is 4.52 Å². The number of aryl methyl sites for hydroxylation is 1. The second-order valence-corrected chi connectivity index (χ2v) is 6.24. The van der Waals surface area contributed by atoms with Crippen LogP contribution in [0.25, 0.3) is 16.6 Å². The summed E-state index contributed by atoms with van der Waals surface area (Å²) in [6.07, 6.45) is 2.64. The molecular formula is C15H16N4OS. The Kier molecular flexibility index (Phi) is 3.27. The van der Waals surface area contributed by atoms with E-state index in [0.29, 0.717) is 6.10 Å². The number of hydrogen-bond donors (Lipinski definition) is 0. The highest BCUT2D eigenvalue weighted by Crippen LogP contribution is 2.26. The summed E-state index contributed by atoms with van der Waals surface area (Å²) < 4.78 is 7.54. The maximum Gasteiger partial charge on any atom is 0.191 e. The molecule has 0 N–H and O–H groups in total. The molecule has 1 fully saturated rings. The van der Waals surface area contributed by atoms with Gasteiger partial charge in [0.05, 0.1) is 11.6 Å². The third-order valence-corrected chi connectivity index (χ3v) is 4.74. The number of ether oxygens (including phenoxy) is 1. The van der Waals surface area contributed by atoms with Crippen molar-refractivity contribution in [2.75, 3.05) is 12.4 Å². The first-order valence-corrected chi connectivity index (χ1v) is 8.16. The zero-order valence-corrected chi connectivity index (χ0v) is 12.6. The van der Waals surface area contributed by atoms with Crippen LogP contribution in [0.1, 0.15) is 18.7 Å². The molecule has 1 unspecified atom stereocenters. The van der Waals surface area contributed by atoms with E-state index in [1.165, 1.54) is 0 Å². The van der Waals surface area contributed by atoms with Gasteiger partial charge in [0.2, 0.25) is 0 Å². The molecular weight excluding hydrogens is 284 g/mol. The molecule has 1 aliphatic heterocycles. The summed E-state index contributed by atoms with van der Waals surface area (Å²) in [5.74, 6) is 1.69. The molecule has 0 bridgehead atoms. The lowest BCUT2D eigenvalue weighted by molar-refractivity contribution is 0.129. The van der Waals surface area contributed by atoms with Crippen molar-refractivity contribution in [1.82, 2.24) is 19.6 Å². The Labute approximate surface area is 126 Å². The monoisotopic (exact) mass is 300 g/mol. The molecule has 0 spiro atoms. The summed E-state index contributed by atoms with van der Waals surface area (Å²) in [7, 11) is 0. The Bertz CT molecular complexity index is 795. The van der Waals surface area contributed by atoms with Crippen LogP contribution in [-0.2, 0) is 4.74 Å². The average molecular weight is 300 g/mol. The Morgan fingerprint density at radius 1 is 1.33 bits per heavy atom. The minimum absolute atomic E-state index is 0.336. The van der Waals surface area contributed by atoms with Crippen molar-refractivity contribution < 1.29 is 4.74 Å². The summed E-state index contributed by atoms with van der Waals surface area (Å²) in [6.45, 7) is 2.80. The molecule has 3 aromatic rings. The molecule has 21 heavy (non-hydrogen) atoms. The number of thioether (sulfide) groups is 1. The highest BCUT2D eigenvalue weighted by atomic mass is 32.2. The largest absolute Gasteiger partial charge is 0.377 e. The van der Waals surface area contributed by atoms with E-state index in [2.05, 4.69) is 10.1 Å². The molecule has 0 radical (unpaired) electrons. The van der Waals surface area contributed by atoms with Crippen LogP contribution in [0.2, 0.25) is 0 Å². The summed E-state index contributed by atoms with van der Waals surface area (Å²) >= 11 is 1.70. The third-order valence-electron chi connectivity index (χ3n) is 3.68. The van der Waals surface area contributed by atoms with Gasteiger partial charge in [-0.3, -0.25) is 0 Å². The van der Waals surface area contributed by atoms with Gasteiger partial charge in [-0.05, 0) is 31.9 Å². The molecule has 1 saturated heterocycles. The van der Waals surface area contributed by atoms with Crippen LogP contribution in [-0.4, -0.2) is 38.0 Å². The summed E-state index contributed by atoms with van der Waals surface area (Å²) in [5, 5.41) is 6.42. The lowest BCUT2D eigenvalue weighted by Crippen LogP contribution is -2.09. The number of aromatic nitrogens is 4. The predicted octanol–water partition coefficient (Wildman–Crippen LogP) is 2.86. The van der Waals surface area contributed by atoms with E-state index in [0.717, 1.165) is 52.7 Å². The van der Waals surface area contributed by atoms with Crippen molar-refractivity contribution >= 4 is 28.3 Å². The highest BCUT2D eigenvalue weighted by Gasteiger charge is 2.18. The van der Waals surface area contributed by atoms with Gasteiger partial charge in [0.25, 0.3) is 0 Å². The standard InChI is InChI=1S/C15H16N4OS/c1-10-16-14-12-6-2-3-7-13(12)17-15(19(14)18-10)21-9-11-5-4-8-20-11/h2-3,6-7,11H,4-5,8-9H2,1H3. The molecule has 6 heteroatoms. The Balaban J connectivity index is 1.78. The number of fused-ring (bicyclic) bond motifs is 3. The highest BCUT2D eigenvalue weighted by molar-refractivity contribution is 7.99. The smallest absolute Gasteiger partial charge is 0.191 e. The molecule has 1 atom stereocenters. The summed E-state index contributed by atoms with van der Waals surface area (Å²) in [5.41, 5.74) is 1.85. The predicted molar refractivity (Wildman–Crippen MR) is 82.7 cm³/mol. The fraction of sp³-hybridized carbons (Fsp3) is 0.400. The van der Waals surface area contributed by atoms with Gasteiger partial charge < -0.3 is 4.74 Å². The van der Waals surface area contributed by atoms with Gasteiger partial charge in [0.15, 0.2) is 10.8 Å². The number of rotatable bonds is 3. The first kappa shape index (κ1) is 13.0. The van der Waals surface area contributed by atoms with Crippen LogP contribution >= 0.6 is 11.8 Å². The van der Waals surface area contributed by atoms with E-state index >= 15 is 0 Å². The zero-order chi connectivity index (χ0) is 14.2. The second kappa shape index (κ2) is 5.27. The van der Waals surface area contributed by atoms with Crippen LogP contribution in [0.15, 0.2) is 29.4 Å². The van der Waals surface area contributed by atoms with E-state index in [1.54, 1.807) is 11.8 Å². The lowest BCUT2D eigenvalue weighted by atomic mass is 10.2.